The van der Waals surface area contributed by atoms with Gasteiger partial charge in [-0.05, 0) is 28.8 Å². The molecule has 0 aliphatic heterocycles. The molecule has 0 N–H and O–H groups in total. The van der Waals surface area contributed by atoms with Crippen LogP contribution in [0.25, 0.3) is 0 Å². The maximum Gasteiger partial charge on any atom is 0.141 e. The fraction of sp³-hybridized carbons (Fsp3) is 0.588. The molecule has 20 heavy (non-hydrogen) atoms. The van der Waals surface area contributed by atoms with E-state index in [4.69, 9.17) is 0 Å². The number of carbonyl (C=O) groups is 1. The summed E-state index contributed by atoms with van der Waals surface area (Å²) in [5.74, 6) is 0.630. The third kappa shape index (κ3) is 3.56. The van der Waals surface area contributed by atoms with Crippen LogP contribution in [0.1, 0.15) is 41.5 Å². The molecule has 3 heteroatoms. The highest BCUT2D eigenvalue weighted by atomic mass is 32.2. The molecule has 0 saturated carbocycles. The van der Waals surface area contributed by atoms with E-state index >= 15 is 0 Å². The van der Waals surface area contributed by atoms with E-state index in [0.717, 1.165) is 0 Å². The topological polar surface area (TPSA) is 17.1 Å². The van der Waals surface area contributed by atoms with E-state index in [2.05, 4.69) is 53.7 Å². The molecule has 1 aromatic rings. The molecule has 0 aliphatic rings. The summed E-state index contributed by atoms with van der Waals surface area (Å²) >= 11 is 1.69. The minimum absolute atomic E-state index is 0.506. The van der Waals surface area contributed by atoms with Gasteiger partial charge in [0.2, 0.25) is 0 Å². The van der Waals surface area contributed by atoms with Gasteiger partial charge in [-0.25, -0.2) is 0 Å². The lowest BCUT2D eigenvalue weighted by Crippen LogP contribution is -2.53. The summed E-state index contributed by atoms with van der Waals surface area (Å²) in [4.78, 5) is 14.2. The van der Waals surface area contributed by atoms with Gasteiger partial charge in [-0.2, -0.15) is 0 Å². The summed E-state index contributed by atoms with van der Waals surface area (Å²) in [5, 5.41) is 0.534. The van der Waals surface area contributed by atoms with Crippen LogP contribution in [0.4, 0.5) is 0 Å². The maximum atomic E-state index is 13.0. The zero-order valence-corrected chi connectivity index (χ0v) is 15.5. The molecule has 0 aliphatic carbocycles. The molecule has 0 radical (unpaired) electrons. The van der Waals surface area contributed by atoms with Crippen LogP contribution in [0.15, 0.2) is 35.2 Å². The summed E-state index contributed by atoms with van der Waals surface area (Å²) in [6, 6.07) is 10.2. The van der Waals surface area contributed by atoms with Gasteiger partial charge in [0.1, 0.15) is 13.5 Å². The van der Waals surface area contributed by atoms with Crippen LogP contribution < -0.4 is 0 Å². The summed E-state index contributed by atoms with van der Waals surface area (Å²) in [6.07, 6.45) is 0. The molecule has 0 spiro atoms. The molecule has 0 fully saturated rings. The monoisotopic (exact) mass is 308 g/mol. The Morgan fingerprint density at radius 3 is 1.80 bits per heavy atom. The molecule has 1 aromatic carbocycles. The Kier molecular flexibility index (Phi) is 6.53. The van der Waals surface area contributed by atoms with Crippen LogP contribution in [0, 0.1) is 0 Å². The molecule has 0 amide bonds. The SMILES string of the molecule is CC(C)[Si](C(=O)CSc1ccccc1)(C(C)C)C(C)C. The zero-order chi connectivity index (χ0) is 15.3. The van der Waals surface area contributed by atoms with Crippen LogP contribution in [0.3, 0.4) is 0 Å². The van der Waals surface area contributed by atoms with Crippen LogP contribution >= 0.6 is 11.8 Å². The molecule has 1 nitrogen and oxygen atoms in total. The average Bonchev–Trinajstić information content (AvgIpc) is 2.37. The fourth-order valence-electron chi connectivity index (χ4n) is 3.76. The first-order valence-corrected chi connectivity index (χ1v) is 10.8. The summed E-state index contributed by atoms with van der Waals surface area (Å²) in [6.45, 7) is 13.5. The summed E-state index contributed by atoms with van der Waals surface area (Å²) < 4.78 is 0. The smallest absolute Gasteiger partial charge is 0.141 e. The van der Waals surface area contributed by atoms with Crippen molar-refractivity contribution in [2.75, 3.05) is 5.75 Å². The van der Waals surface area contributed by atoms with Gasteiger partial charge in [-0.15, -0.1) is 11.8 Å². The van der Waals surface area contributed by atoms with Crippen molar-refractivity contribution in [1.29, 1.82) is 0 Å². The van der Waals surface area contributed by atoms with E-state index in [9.17, 15) is 4.79 Å². The Morgan fingerprint density at radius 2 is 1.40 bits per heavy atom. The Balaban J connectivity index is 2.89. The van der Waals surface area contributed by atoms with Gasteiger partial charge in [0.15, 0.2) is 0 Å². The highest BCUT2D eigenvalue weighted by Gasteiger charge is 2.48. The lowest BCUT2D eigenvalue weighted by atomic mass is 10.4. The predicted octanol–water partition coefficient (Wildman–Crippen LogP) is 5.57. The fourth-order valence-corrected chi connectivity index (χ4v) is 11.6. The van der Waals surface area contributed by atoms with Crippen LogP contribution in [0.5, 0.6) is 0 Å². The molecular weight excluding hydrogens is 280 g/mol. The third-order valence-electron chi connectivity index (χ3n) is 4.46. The van der Waals surface area contributed by atoms with Gasteiger partial charge in [0.05, 0.1) is 5.75 Å². The first-order valence-electron chi connectivity index (χ1n) is 7.54. The van der Waals surface area contributed by atoms with E-state index in [1.54, 1.807) is 11.8 Å². The Morgan fingerprint density at radius 1 is 0.950 bits per heavy atom. The van der Waals surface area contributed by atoms with Gasteiger partial charge in [-0.3, -0.25) is 0 Å². The average molecular weight is 309 g/mol. The molecule has 0 heterocycles. The standard InChI is InChI=1S/C17H28OSSi/c1-13(2)20(14(3)4,15(5)6)17(18)12-19-16-10-8-7-9-11-16/h7-11,13-15H,12H2,1-6H3. The molecule has 0 unspecified atom stereocenters. The van der Waals surface area contributed by atoms with Crippen molar-refractivity contribution in [2.45, 2.75) is 63.1 Å². The maximum absolute atomic E-state index is 13.0. The predicted molar refractivity (Wildman–Crippen MR) is 93.2 cm³/mol. The van der Waals surface area contributed by atoms with Crippen molar-refractivity contribution in [2.24, 2.45) is 0 Å². The van der Waals surface area contributed by atoms with Gasteiger partial charge in [0, 0.05) is 4.90 Å². The van der Waals surface area contributed by atoms with Crippen molar-refractivity contribution in [3.8, 4) is 0 Å². The first kappa shape index (κ1) is 17.5. The lowest BCUT2D eigenvalue weighted by Gasteiger charge is -2.41. The van der Waals surface area contributed by atoms with Crippen LogP contribution in [-0.4, -0.2) is 19.2 Å². The number of carbonyl (C=O) groups excluding carboxylic acids is 1. The number of rotatable bonds is 7. The second-order valence-electron chi connectivity index (χ2n) is 6.42. The van der Waals surface area contributed by atoms with Gasteiger partial charge in [-0.1, -0.05) is 59.7 Å². The zero-order valence-electron chi connectivity index (χ0n) is 13.6. The minimum Gasteiger partial charge on any atom is -0.304 e. The van der Waals surface area contributed by atoms with Crippen LogP contribution in [-0.2, 0) is 4.79 Å². The normalized spacial score (nSPS) is 12.4. The molecule has 0 aromatic heterocycles. The number of thioether (sulfide) groups is 1. The lowest BCUT2D eigenvalue weighted by molar-refractivity contribution is -0.110. The van der Waals surface area contributed by atoms with E-state index in [1.165, 1.54) is 4.90 Å². The van der Waals surface area contributed by atoms with Crippen molar-refractivity contribution in [3.05, 3.63) is 30.3 Å². The number of hydrogen-bond acceptors (Lipinski definition) is 2. The highest BCUT2D eigenvalue weighted by Crippen LogP contribution is 2.42. The van der Waals surface area contributed by atoms with Crippen molar-refractivity contribution >= 4 is 25.2 Å². The number of benzene rings is 1. The molecule has 1 rings (SSSR count). The number of hydrogen-bond donors (Lipinski definition) is 0. The molecule has 0 bridgehead atoms. The van der Waals surface area contributed by atoms with Crippen molar-refractivity contribution in [3.63, 3.8) is 0 Å². The van der Waals surface area contributed by atoms with Crippen molar-refractivity contribution < 1.29 is 4.79 Å². The molecule has 0 saturated heterocycles. The molecule has 0 atom stereocenters. The summed E-state index contributed by atoms with van der Waals surface area (Å²) in [7, 11) is -1.94. The van der Waals surface area contributed by atoms with E-state index in [-0.39, 0.29) is 0 Å². The second-order valence-corrected chi connectivity index (χ2v) is 13.4. The van der Waals surface area contributed by atoms with Gasteiger partial charge < -0.3 is 4.79 Å². The van der Waals surface area contributed by atoms with Gasteiger partial charge >= 0.3 is 0 Å². The Labute approximate surface area is 129 Å². The molecule has 112 valence electrons. The quantitative estimate of drug-likeness (QED) is 0.484. The first-order chi connectivity index (χ1) is 9.33. The van der Waals surface area contributed by atoms with E-state index in [1.807, 2.05) is 18.2 Å². The molecular formula is C17H28OSSi. The Hall–Kier alpha value is -0.543. The van der Waals surface area contributed by atoms with E-state index < -0.39 is 8.07 Å². The summed E-state index contributed by atoms with van der Waals surface area (Å²) in [5.41, 5.74) is 1.52. The van der Waals surface area contributed by atoms with E-state index in [0.29, 0.717) is 27.8 Å². The van der Waals surface area contributed by atoms with Crippen molar-refractivity contribution in [1.82, 2.24) is 0 Å². The third-order valence-corrected chi connectivity index (χ3v) is 12.6. The highest BCUT2D eigenvalue weighted by molar-refractivity contribution is 8.00. The largest absolute Gasteiger partial charge is 0.304 e. The second kappa shape index (κ2) is 7.46. The Bertz CT molecular complexity index is 404. The van der Waals surface area contributed by atoms with Gasteiger partial charge in [0.25, 0.3) is 0 Å². The van der Waals surface area contributed by atoms with Crippen LogP contribution in [0.2, 0.25) is 16.6 Å². The minimum atomic E-state index is -1.94.